The summed E-state index contributed by atoms with van der Waals surface area (Å²) in [7, 11) is 0. The quantitative estimate of drug-likeness (QED) is 0.835. The molecule has 2 aromatic rings. The SMILES string of the molecule is Cc1ccc(-c2nc(CCl)cc(=O)[nH]2)cc1F. The molecule has 1 aromatic heterocycles. The van der Waals surface area contributed by atoms with Crippen LogP contribution < -0.4 is 5.56 Å². The van der Waals surface area contributed by atoms with E-state index in [1.165, 1.54) is 12.1 Å². The molecular formula is C12H10ClFN2O. The number of nitrogens with one attached hydrogen (secondary N) is 1. The van der Waals surface area contributed by atoms with Gasteiger partial charge in [0, 0.05) is 11.6 Å². The maximum atomic E-state index is 13.4. The van der Waals surface area contributed by atoms with Gasteiger partial charge < -0.3 is 4.98 Å². The largest absolute Gasteiger partial charge is 0.307 e. The zero-order valence-corrected chi connectivity index (χ0v) is 9.88. The molecule has 0 atom stereocenters. The van der Waals surface area contributed by atoms with Crippen LogP contribution in [-0.2, 0) is 5.88 Å². The molecule has 0 fully saturated rings. The number of halogens is 2. The Morgan fingerprint density at radius 3 is 2.82 bits per heavy atom. The van der Waals surface area contributed by atoms with Gasteiger partial charge >= 0.3 is 0 Å². The Labute approximate surface area is 102 Å². The molecule has 17 heavy (non-hydrogen) atoms. The van der Waals surface area contributed by atoms with E-state index in [2.05, 4.69) is 9.97 Å². The number of alkyl halides is 1. The fourth-order valence-corrected chi connectivity index (χ4v) is 1.59. The van der Waals surface area contributed by atoms with Crippen molar-refractivity contribution in [2.24, 2.45) is 0 Å². The third kappa shape index (κ3) is 2.53. The predicted molar refractivity (Wildman–Crippen MR) is 64.5 cm³/mol. The van der Waals surface area contributed by atoms with Gasteiger partial charge in [0.1, 0.15) is 11.6 Å². The molecule has 0 amide bonds. The molecule has 1 heterocycles. The van der Waals surface area contributed by atoms with Crippen molar-refractivity contribution in [1.82, 2.24) is 9.97 Å². The average Bonchev–Trinajstić information content (AvgIpc) is 2.32. The summed E-state index contributed by atoms with van der Waals surface area (Å²) in [6, 6.07) is 6.00. The molecule has 0 aliphatic carbocycles. The fraction of sp³-hybridized carbons (Fsp3) is 0.167. The lowest BCUT2D eigenvalue weighted by atomic mass is 10.1. The van der Waals surface area contributed by atoms with E-state index in [-0.39, 0.29) is 17.3 Å². The van der Waals surface area contributed by atoms with Crippen molar-refractivity contribution >= 4 is 11.6 Å². The summed E-state index contributed by atoms with van der Waals surface area (Å²) in [6.07, 6.45) is 0. The molecule has 1 aromatic carbocycles. The summed E-state index contributed by atoms with van der Waals surface area (Å²) in [4.78, 5) is 18.0. The maximum absolute atomic E-state index is 13.4. The van der Waals surface area contributed by atoms with Gasteiger partial charge in [0.2, 0.25) is 0 Å². The van der Waals surface area contributed by atoms with Crippen LogP contribution in [0.15, 0.2) is 29.1 Å². The van der Waals surface area contributed by atoms with Crippen molar-refractivity contribution in [1.29, 1.82) is 0 Å². The van der Waals surface area contributed by atoms with Crippen LogP contribution in [0.25, 0.3) is 11.4 Å². The summed E-state index contributed by atoms with van der Waals surface area (Å²) in [5.41, 5.74) is 1.24. The molecule has 88 valence electrons. The van der Waals surface area contributed by atoms with Crippen LogP contribution in [-0.4, -0.2) is 9.97 Å². The zero-order chi connectivity index (χ0) is 12.4. The van der Waals surface area contributed by atoms with E-state index < -0.39 is 0 Å². The topological polar surface area (TPSA) is 45.8 Å². The van der Waals surface area contributed by atoms with Crippen molar-refractivity contribution in [2.45, 2.75) is 12.8 Å². The van der Waals surface area contributed by atoms with E-state index in [9.17, 15) is 9.18 Å². The van der Waals surface area contributed by atoms with E-state index in [4.69, 9.17) is 11.6 Å². The Hall–Kier alpha value is -1.68. The Morgan fingerprint density at radius 2 is 2.18 bits per heavy atom. The third-order valence-electron chi connectivity index (χ3n) is 2.38. The van der Waals surface area contributed by atoms with Gasteiger partial charge in [-0.05, 0) is 18.6 Å². The predicted octanol–water partition coefficient (Wildman–Crippen LogP) is 2.62. The summed E-state index contributed by atoms with van der Waals surface area (Å²) in [6.45, 7) is 1.67. The van der Waals surface area contributed by atoms with Crippen LogP contribution >= 0.6 is 11.6 Å². The monoisotopic (exact) mass is 252 g/mol. The van der Waals surface area contributed by atoms with E-state index in [0.29, 0.717) is 22.6 Å². The van der Waals surface area contributed by atoms with Crippen molar-refractivity contribution in [3.63, 3.8) is 0 Å². The molecule has 0 unspecified atom stereocenters. The first-order valence-electron chi connectivity index (χ1n) is 5.03. The molecule has 0 spiro atoms. The van der Waals surface area contributed by atoms with E-state index >= 15 is 0 Å². The van der Waals surface area contributed by atoms with Crippen LogP contribution in [0.5, 0.6) is 0 Å². The van der Waals surface area contributed by atoms with Gasteiger partial charge in [-0.2, -0.15) is 0 Å². The fourth-order valence-electron chi connectivity index (χ4n) is 1.45. The van der Waals surface area contributed by atoms with Gasteiger partial charge in [-0.25, -0.2) is 9.37 Å². The Balaban J connectivity index is 2.55. The number of aromatic amines is 1. The van der Waals surface area contributed by atoms with Crippen LogP contribution in [0.3, 0.4) is 0 Å². The number of aromatic nitrogens is 2. The first-order chi connectivity index (χ1) is 8.10. The molecule has 1 N–H and O–H groups in total. The van der Waals surface area contributed by atoms with Crippen LogP contribution in [0.4, 0.5) is 4.39 Å². The van der Waals surface area contributed by atoms with Gasteiger partial charge in [0.25, 0.3) is 5.56 Å². The minimum atomic E-state index is -0.332. The van der Waals surface area contributed by atoms with Crippen LogP contribution in [0, 0.1) is 12.7 Å². The summed E-state index contributed by atoms with van der Waals surface area (Å²) >= 11 is 5.63. The zero-order valence-electron chi connectivity index (χ0n) is 9.13. The van der Waals surface area contributed by atoms with Crippen molar-refractivity contribution in [3.05, 3.63) is 51.7 Å². The minimum Gasteiger partial charge on any atom is -0.307 e. The molecule has 0 radical (unpaired) electrons. The molecule has 2 rings (SSSR count). The highest BCUT2D eigenvalue weighted by atomic mass is 35.5. The Morgan fingerprint density at radius 1 is 1.41 bits per heavy atom. The maximum Gasteiger partial charge on any atom is 0.251 e. The van der Waals surface area contributed by atoms with Crippen LogP contribution in [0.2, 0.25) is 0 Å². The van der Waals surface area contributed by atoms with Crippen molar-refractivity contribution in [2.75, 3.05) is 0 Å². The number of rotatable bonds is 2. The first kappa shape index (κ1) is 11.8. The van der Waals surface area contributed by atoms with E-state index in [0.717, 1.165) is 0 Å². The van der Waals surface area contributed by atoms with Gasteiger partial charge in [0.05, 0.1) is 11.6 Å². The number of aryl methyl sites for hydroxylation is 1. The number of benzene rings is 1. The highest BCUT2D eigenvalue weighted by Crippen LogP contribution is 2.17. The van der Waals surface area contributed by atoms with Crippen LogP contribution in [0.1, 0.15) is 11.3 Å². The smallest absolute Gasteiger partial charge is 0.251 e. The average molecular weight is 253 g/mol. The molecular weight excluding hydrogens is 243 g/mol. The van der Waals surface area contributed by atoms with Gasteiger partial charge in [-0.15, -0.1) is 11.6 Å². The molecule has 0 aliphatic rings. The van der Waals surface area contributed by atoms with Gasteiger partial charge in [-0.1, -0.05) is 12.1 Å². The highest BCUT2D eigenvalue weighted by molar-refractivity contribution is 6.16. The second-order valence-electron chi connectivity index (χ2n) is 3.68. The van der Waals surface area contributed by atoms with E-state index in [1.54, 1.807) is 19.1 Å². The molecule has 3 nitrogen and oxygen atoms in total. The number of hydrogen-bond acceptors (Lipinski definition) is 2. The minimum absolute atomic E-state index is 0.144. The lowest BCUT2D eigenvalue weighted by Crippen LogP contribution is -2.09. The molecule has 0 saturated heterocycles. The third-order valence-corrected chi connectivity index (χ3v) is 2.65. The molecule has 0 saturated carbocycles. The Kier molecular flexibility index (Phi) is 3.24. The molecule has 0 aliphatic heterocycles. The normalized spacial score (nSPS) is 10.5. The van der Waals surface area contributed by atoms with Gasteiger partial charge in [-0.3, -0.25) is 4.79 Å². The lowest BCUT2D eigenvalue weighted by Gasteiger charge is -2.04. The number of nitrogens with zero attached hydrogens (tertiary/aromatic N) is 1. The van der Waals surface area contributed by atoms with Gasteiger partial charge in [0.15, 0.2) is 0 Å². The number of H-pyrrole nitrogens is 1. The highest BCUT2D eigenvalue weighted by Gasteiger charge is 2.06. The second kappa shape index (κ2) is 4.67. The standard InChI is InChI=1S/C12H10ClFN2O/c1-7-2-3-8(4-10(7)14)12-15-9(6-13)5-11(17)16-12/h2-5H,6H2,1H3,(H,15,16,17). The van der Waals surface area contributed by atoms with Crippen molar-refractivity contribution in [3.8, 4) is 11.4 Å². The number of hydrogen-bond donors (Lipinski definition) is 1. The Bertz CT molecular complexity index is 610. The molecule has 5 heteroatoms. The second-order valence-corrected chi connectivity index (χ2v) is 3.95. The molecule has 0 bridgehead atoms. The lowest BCUT2D eigenvalue weighted by molar-refractivity contribution is 0.619. The van der Waals surface area contributed by atoms with E-state index in [1.807, 2.05) is 0 Å². The van der Waals surface area contributed by atoms with Crippen molar-refractivity contribution < 1.29 is 4.39 Å². The summed E-state index contributed by atoms with van der Waals surface area (Å²) in [5, 5.41) is 0. The summed E-state index contributed by atoms with van der Waals surface area (Å²) in [5.74, 6) is 0.138. The summed E-state index contributed by atoms with van der Waals surface area (Å²) < 4.78 is 13.4. The first-order valence-corrected chi connectivity index (χ1v) is 5.56.